The summed E-state index contributed by atoms with van der Waals surface area (Å²) in [5.74, 6) is 6.14. The molecule has 1 unspecified atom stereocenters. The molecule has 1 fully saturated rings. The van der Waals surface area contributed by atoms with Gasteiger partial charge in [-0.3, -0.25) is 29.0 Å². The van der Waals surface area contributed by atoms with Gasteiger partial charge >= 0.3 is 5.69 Å². The van der Waals surface area contributed by atoms with Crippen LogP contribution < -0.4 is 21.2 Å². The van der Waals surface area contributed by atoms with Crippen molar-refractivity contribution in [3.05, 3.63) is 112 Å². The van der Waals surface area contributed by atoms with Crippen molar-refractivity contribution in [2.24, 2.45) is 14.1 Å². The Morgan fingerprint density at radius 1 is 1.06 bits per heavy atom. The Morgan fingerprint density at radius 2 is 1.92 bits per heavy atom. The monoisotopic (exact) mass is 683 g/mol. The normalized spacial score (nSPS) is 17.6. The lowest BCUT2D eigenvalue weighted by atomic mass is 9.98. The molecule has 2 N–H and O–H groups in total. The van der Waals surface area contributed by atoms with E-state index in [1.807, 2.05) is 57.7 Å². The summed E-state index contributed by atoms with van der Waals surface area (Å²) in [6, 6.07) is 13.6. The maximum absolute atomic E-state index is 13.1. The van der Waals surface area contributed by atoms with E-state index < -0.39 is 6.04 Å². The molecule has 1 atom stereocenters. The first-order valence-electron chi connectivity index (χ1n) is 17.1. The fraction of sp³-hybridized carbons (Fsp3) is 0.300. The molecule has 260 valence electrons. The average molecular weight is 684 g/mol. The Hall–Kier alpha value is -5.86. The second-order valence-corrected chi connectivity index (χ2v) is 13.2. The van der Waals surface area contributed by atoms with Crippen molar-refractivity contribution in [3.63, 3.8) is 0 Å². The number of piperidine rings is 1. The summed E-state index contributed by atoms with van der Waals surface area (Å²) in [7, 11) is 5.72. The lowest BCUT2D eigenvalue weighted by Crippen LogP contribution is -2.47. The van der Waals surface area contributed by atoms with E-state index in [1.165, 1.54) is 5.57 Å². The summed E-state index contributed by atoms with van der Waals surface area (Å²) in [6.45, 7) is 4.30. The largest absolute Gasteiger partial charge is 0.377 e. The fourth-order valence-corrected chi connectivity index (χ4v) is 6.92. The first kappa shape index (κ1) is 33.6. The maximum Gasteiger partial charge on any atom is 0.328 e. The van der Waals surface area contributed by atoms with Gasteiger partial charge < -0.3 is 19.9 Å². The molecule has 11 nitrogen and oxygen atoms in total. The molecule has 0 saturated carbocycles. The summed E-state index contributed by atoms with van der Waals surface area (Å²) in [6.07, 6.45) is 11.7. The number of allylic oxidation sites excluding steroid dienone is 2. The third kappa shape index (κ3) is 6.96. The molecule has 5 heterocycles. The number of fused-ring (bicyclic) bond motifs is 1. The number of aryl methyl sites for hydroxylation is 3. The van der Waals surface area contributed by atoms with Crippen LogP contribution in [0.15, 0.2) is 83.6 Å². The van der Waals surface area contributed by atoms with Crippen LogP contribution in [0.1, 0.15) is 41.5 Å². The van der Waals surface area contributed by atoms with Crippen molar-refractivity contribution < 1.29 is 14.3 Å². The van der Waals surface area contributed by atoms with Gasteiger partial charge in [0, 0.05) is 79.4 Å². The number of aromatic nitrogens is 3. The molecule has 1 saturated heterocycles. The van der Waals surface area contributed by atoms with Crippen molar-refractivity contribution in [2.45, 2.75) is 32.2 Å². The van der Waals surface area contributed by atoms with E-state index in [0.717, 1.165) is 62.5 Å². The number of carbonyl (C=O) groups excluding carboxylic acids is 2. The minimum absolute atomic E-state index is 0.0584. The van der Waals surface area contributed by atoms with Gasteiger partial charge in [0.05, 0.1) is 37.3 Å². The van der Waals surface area contributed by atoms with Gasteiger partial charge in [0.1, 0.15) is 6.04 Å². The number of imide groups is 1. The summed E-state index contributed by atoms with van der Waals surface area (Å²) in [5, 5.41) is 5.64. The van der Waals surface area contributed by atoms with Crippen molar-refractivity contribution in [3.8, 4) is 11.8 Å². The average Bonchev–Trinajstić information content (AvgIpc) is 3.36. The lowest BCUT2D eigenvalue weighted by molar-refractivity contribution is -0.133. The Balaban J connectivity index is 1.18. The van der Waals surface area contributed by atoms with E-state index in [0.29, 0.717) is 39.1 Å². The second kappa shape index (κ2) is 14.2. The number of carbonyl (C=O) groups is 2. The molecule has 0 aliphatic carbocycles. The number of nitrogens with one attached hydrogen (secondary N) is 2. The number of benzene rings is 2. The molecule has 4 aromatic rings. The van der Waals surface area contributed by atoms with Crippen LogP contribution in [0.25, 0.3) is 22.3 Å². The highest BCUT2D eigenvalue weighted by Gasteiger charge is 2.26. The summed E-state index contributed by atoms with van der Waals surface area (Å²) in [4.78, 5) is 45.8. The van der Waals surface area contributed by atoms with Crippen LogP contribution in [0.5, 0.6) is 0 Å². The molecular formula is C40H41N7O4. The Kier molecular flexibility index (Phi) is 9.34. The molecule has 3 aliphatic rings. The number of amides is 2. The molecule has 3 aliphatic heterocycles. The smallest absolute Gasteiger partial charge is 0.328 e. The molecule has 2 amide bonds. The van der Waals surface area contributed by atoms with Gasteiger partial charge in [-0.05, 0) is 79.5 Å². The Labute approximate surface area is 296 Å². The van der Waals surface area contributed by atoms with E-state index in [9.17, 15) is 14.4 Å². The molecular weight excluding hydrogens is 642 g/mol. The highest BCUT2D eigenvalue weighted by atomic mass is 16.5. The summed E-state index contributed by atoms with van der Waals surface area (Å²) < 4.78 is 9.06. The van der Waals surface area contributed by atoms with E-state index in [1.54, 1.807) is 9.13 Å². The molecule has 0 bridgehead atoms. The zero-order chi connectivity index (χ0) is 35.6. The molecule has 0 spiro atoms. The van der Waals surface area contributed by atoms with E-state index >= 15 is 0 Å². The topological polar surface area (TPSA) is 114 Å². The summed E-state index contributed by atoms with van der Waals surface area (Å²) >= 11 is 0. The van der Waals surface area contributed by atoms with Crippen LogP contribution in [-0.4, -0.2) is 70.2 Å². The number of rotatable bonds is 7. The van der Waals surface area contributed by atoms with Crippen LogP contribution in [-0.2, 0) is 28.4 Å². The number of pyridine rings is 1. The van der Waals surface area contributed by atoms with E-state index in [2.05, 4.69) is 80.7 Å². The zero-order valence-corrected chi connectivity index (χ0v) is 29.3. The third-order valence-electron chi connectivity index (χ3n) is 9.72. The van der Waals surface area contributed by atoms with Gasteiger partial charge in [-0.25, -0.2) is 4.79 Å². The Morgan fingerprint density at radius 3 is 2.71 bits per heavy atom. The third-order valence-corrected chi connectivity index (χ3v) is 9.72. The summed E-state index contributed by atoms with van der Waals surface area (Å²) in [5.41, 5.74) is 10.7. The van der Waals surface area contributed by atoms with Gasteiger partial charge in [0.2, 0.25) is 11.8 Å². The standard InChI is InChI=1S/C40H41N7O4/c1-26-19-29(24-41-23-26)35-12-10-31(25-47(35)16-6-8-27-7-5-9-30(20-27)42-34-11-13-37(48)43-39(34)49)44(2)32-21-33(28-14-17-51-18-15-28)38-36(22-32)45(3)40(50)46(38)4/h5,7,9-10,12,14,19-24,34,42H,11,13,15-18,25H2,1-4H3,(H,43,48,49). The van der Waals surface area contributed by atoms with Gasteiger partial charge in [0.25, 0.3) is 0 Å². The molecule has 0 radical (unpaired) electrons. The fourth-order valence-electron chi connectivity index (χ4n) is 6.92. The van der Waals surface area contributed by atoms with Crippen molar-refractivity contribution in [1.82, 2.24) is 24.3 Å². The minimum Gasteiger partial charge on any atom is -0.377 e. The number of hydrogen-bond acceptors (Lipinski definition) is 8. The number of ether oxygens (including phenoxy) is 1. The van der Waals surface area contributed by atoms with Crippen LogP contribution in [0, 0.1) is 18.8 Å². The minimum atomic E-state index is -0.464. The van der Waals surface area contributed by atoms with Gasteiger partial charge in [-0.1, -0.05) is 24.0 Å². The van der Waals surface area contributed by atoms with Crippen molar-refractivity contribution in [1.29, 1.82) is 0 Å². The van der Waals surface area contributed by atoms with Gasteiger partial charge in [0.15, 0.2) is 0 Å². The number of hydrogen-bond donors (Lipinski definition) is 2. The first-order valence-corrected chi connectivity index (χ1v) is 17.1. The highest BCUT2D eigenvalue weighted by Crippen LogP contribution is 2.35. The second-order valence-electron chi connectivity index (χ2n) is 13.2. The number of nitrogens with zero attached hydrogens (tertiary/aromatic N) is 5. The number of imidazole rings is 1. The molecule has 7 rings (SSSR count). The number of anilines is 2. The Bertz CT molecular complexity index is 2270. The highest BCUT2D eigenvalue weighted by molar-refractivity contribution is 6.01. The molecule has 2 aromatic carbocycles. The number of likely N-dealkylation sites (N-methyl/N-ethyl adjacent to an activating group) is 1. The van der Waals surface area contributed by atoms with Crippen molar-refractivity contribution >= 4 is 45.5 Å². The molecule has 11 heteroatoms. The van der Waals surface area contributed by atoms with Crippen molar-refractivity contribution in [2.75, 3.05) is 43.6 Å². The molecule has 51 heavy (non-hydrogen) atoms. The van der Waals surface area contributed by atoms with Gasteiger partial charge in [-0.2, -0.15) is 0 Å². The SMILES string of the molecule is Cc1cncc(C2=CC=C(N(C)c3cc(C4=CCOCC4)c4c(c3)n(C)c(=O)n4C)CN2CC#Cc2cccc(NC3CCC(=O)NC3=O)c2)c1. The predicted octanol–water partition coefficient (Wildman–Crippen LogP) is 4.33. The van der Waals surface area contributed by atoms with Crippen LogP contribution in [0.3, 0.4) is 0 Å². The quantitative estimate of drug-likeness (QED) is 0.219. The van der Waals surface area contributed by atoms with Crippen LogP contribution in [0.2, 0.25) is 0 Å². The zero-order valence-electron chi connectivity index (χ0n) is 29.3. The van der Waals surface area contributed by atoms with E-state index in [4.69, 9.17) is 4.74 Å². The lowest BCUT2D eigenvalue weighted by Gasteiger charge is -2.34. The van der Waals surface area contributed by atoms with Gasteiger partial charge in [-0.15, -0.1) is 0 Å². The first-order chi connectivity index (χ1) is 24.7. The van der Waals surface area contributed by atoms with Crippen LogP contribution in [0.4, 0.5) is 11.4 Å². The molecule has 2 aromatic heterocycles. The van der Waals surface area contributed by atoms with Crippen LogP contribution >= 0.6 is 0 Å². The van der Waals surface area contributed by atoms with E-state index in [-0.39, 0.29) is 17.5 Å². The predicted molar refractivity (Wildman–Crippen MR) is 200 cm³/mol. The maximum atomic E-state index is 13.1.